The Balaban J connectivity index is 2.29. The van der Waals surface area contributed by atoms with Crippen molar-refractivity contribution in [2.75, 3.05) is 0 Å². The fourth-order valence-electron chi connectivity index (χ4n) is 1.64. The lowest BCUT2D eigenvalue weighted by atomic mass is 10.2. The molecule has 0 fully saturated rings. The Kier molecular flexibility index (Phi) is 3.43. The zero-order valence-corrected chi connectivity index (χ0v) is 10.9. The molecular formula is C12H15ClN4. The van der Waals surface area contributed by atoms with Crippen molar-refractivity contribution in [3.63, 3.8) is 0 Å². The van der Waals surface area contributed by atoms with Gasteiger partial charge in [-0.3, -0.25) is 9.55 Å². The lowest BCUT2D eigenvalue weighted by Crippen LogP contribution is -2.07. The highest BCUT2D eigenvalue weighted by atomic mass is 35.5. The monoisotopic (exact) mass is 250 g/mol. The molecule has 5 heteroatoms. The van der Waals surface area contributed by atoms with Gasteiger partial charge in [0.2, 0.25) is 5.28 Å². The summed E-state index contributed by atoms with van der Waals surface area (Å²) in [6, 6.07) is 4.03. The molecule has 0 radical (unpaired) electrons. The summed E-state index contributed by atoms with van der Waals surface area (Å²) in [5, 5.41) is 8.42. The summed E-state index contributed by atoms with van der Waals surface area (Å²) in [4.78, 5) is 4.27. The van der Waals surface area contributed by atoms with E-state index in [-0.39, 0.29) is 0 Å². The van der Waals surface area contributed by atoms with Crippen molar-refractivity contribution in [3.05, 3.63) is 40.7 Å². The molecule has 0 N–H and O–H groups in total. The Hall–Kier alpha value is -1.42. The van der Waals surface area contributed by atoms with Crippen molar-refractivity contribution in [1.82, 2.24) is 19.7 Å². The number of hydrogen-bond donors (Lipinski definition) is 0. The largest absolute Gasteiger partial charge is 0.297 e. The maximum atomic E-state index is 6.04. The third kappa shape index (κ3) is 2.64. The molecule has 0 saturated heterocycles. The van der Waals surface area contributed by atoms with E-state index in [1.54, 1.807) is 0 Å². The summed E-state index contributed by atoms with van der Waals surface area (Å²) in [5.41, 5.74) is 2.10. The van der Waals surface area contributed by atoms with E-state index in [2.05, 4.69) is 29.0 Å². The summed E-state index contributed by atoms with van der Waals surface area (Å²) in [5.74, 6) is 1.20. The van der Waals surface area contributed by atoms with Crippen molar-refractivity contribution < 1.29 is 0 Å². The quantitative estimate of drug-likeness (QED) is 0.841. The molecule has 0 aliphatic heterocycles. The first kappa shape index (κ1) is 12.0. The van der Waals surface area contributed by atoms with Gasteiger partial charge < -0.3 is 0 Å². The predicted octanol–water partition coefficient (Wildman–Crippen LogP) is 2.81. The van der Waals surface area contributed by atoms with Crippen molar-refractivity contribution in [3.8, 4) is 0 Å². The molecule has 0 bridgehead atoms. The average molecular weight is 251 g/mol. The number of rotatable bonds is 3. The molecule has 0 unspecified atom stereocenters. The third-order valence-electron chi connectivity index (χ3n) is 2.56. The highest BCUT2D eigenvalue weighted by molar-refractivity contribution is 6.28. The zero-order valence-electron chi connectivity index (χ0n) is 10.2. The Morgan fingerprint density at radius 2 is 2.06 bits per heavy atom. The van der Waals surface area contributed by atoms with Crippen LogP contribution in [0.25, 0.3) is 0 Å². The van der Waals surface area contributed by atoms with Crippen LogP contribution < -0.4 is 0 Å². The van der Waals surface area contributed by atoms with Gasteiger partial charge in [0.15, 0.2) is 0 Å². The van der Waals surface area contributed by atoms with Crippen LogP contribution in [-0.4, -0.2) is 19.7 Å². The second-order valence-corrected chi connectivity index (χ2v) is 4.71. The molecule has 4 nitrogen and oxygen atoms in total. The van der Waals surface area contributed by atoms with Gasteiger partial charge in [-0.15, -0.1) is 10.2 Å². The Morgan fingerprint density at radius 1 is 1.29 bits per heavy atom. The van der Waals surface area contributed by atoms with Crippen LogP contribution >= 0.6 is 11.6 Å². The Morgan fingerprint density at radius 3 is 2.65 bits per heavy atom. The number of halogens is 1. The van der Waals surface area contributed by atoms with Crippen LogP contribution in [0.15, 0.2) is 18.3 Å². The lowest BCUT2D eigenvalue weighted by Gasteiger charge is -2.09. The molecule has 0 amide bonds. The van der Waals surface area contributed by atoms with Gasteiger partial charge in [0.25, 0.3) is 0 Å². The van der Waals surface area contributed by atoms with Crippen molar-refractivity contribution in [2.45, 2.75) is 33.2 Å². The van der Waals surface area contributed by atoms with Crippen LogP contribution in [0.1, 0.15) is 36.8 Å². The summed E-state index contributed by atoms with van der Waals surface area (Å²) in [7, 11) is 0. The van der Waals surface area contributed by atoms with Crippen LogP contribution in [0.4, 0.5) is 0 Å². The summed E-state index contributed by atoms with van der Waals surface area (Å²) < 4.78 is 1.92. The minimum Gasteiger partial charge on any atom is -0.297 e. The van der Waals surface area contributed by atoms with Crippen LogP contribution in [0.3, 0.4) is 0 Å². The van der Waals surface area contributed by atoms with E-state index in [9.17, 15) is 0 Å². The van der Waals surface area contributed by atoms with Crippen LogP contribution in [0.5, 0.6) is 0 Å². The van der Waals surface area contributed by atoms with Gasteiger partial charge in [-0.25, -0.2) is 0 Å². The van der Waals surface area contributed by atoms with Gasteiger partial charge >= 0.3 is 0 Å². The van der Waals surface area contributed by atoms with Crippen molar-refractivity contribution in [1.29, 1.82) is 0 Å². The van der Waals surface area contributed by atoms with Crippen LogP contribution in [0.2, 0.25) is 5.28 Å². The average Bonchev–Trinajstić information content (AvgIpc) is 2.64. The van der Waals surface area contributed by atoms with Gasteiger partial charge in [0, 0.05) is 17.8 Å². The highest BCUT2D eigenvalue weighted by Crippen LogP contribution is 2.18. The highest BCUT2D eigenvalue weighted by Gasteiger charge is 2.13. The van der Waals surface area contributed by atoms with Gasteiger partial charge in [-0.1, -0.05) is 19.9 Å². The normalized spacial score (nSPS) is 11.1. The standard InChI is InChI=1S/C12H15ClN4/c1-8(2)11-15-16-12(13)17(11)7-10-5-4-9(3)14-6-10/h4-6,8H,7H2,1-3H3. The SMILES string of the molecule is Cc1ccc(Cn2c(Cl)nnc2C(C)C)cn1. The van der Waals surface area contributed by atoms with Crippen molar-refractivity contribution >= 4 is 11.6 Å². The maximum Gasteiger partial charge on any atom is 0.225 e. The molecule has 0 saturated carbocycles. The number of aromatic nitrogens is 4. The first-order valence-corrected chi connectivity index (χ1v) is 5.96. The smallest absolute Gasteiger partial charge is 0.225 e. The molecule has 0 aliphatic carbocycles. The molecule has 0 aliphatic rings. The first-order chi connectivity index (χ1) is 8.08. The van der Waals surface area contributed by atoms with Gasteiger partial charge in [0.05, 0.1) is 6.54 Å². The van der Waals surface area contributed by atoms with E-state index in [4.69, 9.17) is 11.6 Å². The molecule has 2 rings (SSSR count). The summed E-state index contributed by atoms with van der Waals surface area (Å²) >= 11 is 6.04. The Bertz CT molecular complexity index is 502. The predicted molar refractivity (Wildman–Crippen MR) is 67.2 cm³/mol. The topological polar surface area (TPSA) is 43.6 Å². The first-order valence-electron chi connectivity index (χ1n) is 5.58. The summed E-state index contributed by atoms with van der Waals surface area (Å²) in [6.07, 6.45) is 1.86. The second-order valence-electron chi connectivity index (χ2n) is 4.38. The fraction of sp³-hybridized carbons (Fsp3) is 0.417. The molecule has 0 atom stereocenters. The Labute approximate surface area is 106 Å². The fourth-order valence-corrected chi connectivity index (χ4v) is 1.83. The molecule has 0 spiro atoms. The molecule has 17 heavy (non-hydrogen) atoms. The number of nitrogens with zero attached hydrogens (tertiary/aromatic N) is 4. The van der Waals surface area contributed by atoms with E-state index in [0.717, 1.165) is 17.1 Å². The minimum atomic E-state index is 0.299. The molecule has 2 aromatic heterocycles. The molecule has 90 valence electrons. The van der Waals surface area contributed by atoms with Gasteiger partial charge in [-0.2, -0.15) is 0 Å². The van der Waals surface area contributed by atoms with E-state index >= 15 is 0 Å². The van der Waals surface area contributed by atoms with E-state index in [1.165, 1.54) is 0 Å². The molecule has 2 heterocycles. The van der Waals surface area contributed by atoms with E-state index in [1.807, 2.05) is 29.8 Å². The minimum absolute atomic E-state index is 0.299. The lowest BCUT2D eigenvalue weighted by molar-refractivity contribution is 0.668. The van der Waals surface area contributed by atoms with Crippen LogP contribution in [-0.2, 0) is 6.54 Å². The third-order valence-corrected chi connectivity index (χ3v) is 2.84. The molecule has 2 aromatic rings. The summed E-state index contributed by atoms with van der Waals surface area (Å²) in [6.45, 7) is 6.77. The van der Waals surface area contributed by atoms with E-state index < -0.39 is 0 Å². The second kappa shape index (κ2) is 4.84. The van der Waals surface area contributed by atoms with E-state index in [0.29, 0.717) is 17.7 Å². The molecular weight excluding hydrogens is 236 g/mol. The maximum absolute atomic E-state index is 6.04. The number of hydrogen-bond acceptors (Lipinski definition) is 3. The van der Waals surface area contributed by atoms with Crippen LogP contribution in [0, 0.1) is 6.92 Å². The molecule has 0 aromatic carbocycles. The zero-order chi connectivity index (χ0) is 12.4. The number of aryl methyl sites for hydroxylation is 1. The van der Waals surface area contributed by atoms with Crippen molar-refractivity contribution in [2.24, 2.45) is 0 Å². The van der Waals surface area contributed by atoms with Gasteiger partial charge in [-0.05, 0) is 30.2 Å². The van der Waals surface area contributed by atoms with Gasteiger partial charge in [0.1, 0.15) is 5.82 Å². The number of pyridine rings is 1.